The molecule has 3 aliphatic rings. The zero-order valence-electron chi connectivity index (χ0n) is 23.0. The largest absolute Gasteiger partial charge is 0.388 e. The van der Waals surface area contributed by atoms with Crippen molar-refractivity contribution in [2.75, 3.05) is 31.8 Å². The fraction of sp³-hybridized carbons (Fsp3) is 0.522. The number of hydrogen-bond donors (Lipinski definition) is 4. The summed E-state index contributed by atoms with van der Waals surface area (Å²) in [4.78, 5) is 31.3. The summed E-state index contributed by atoms with van der Waals surface area (Å²) in [7, 11) is -5.03. The van der Waals surface area contributed by atoms with Crippen LogP contribution in [0.1, 0.15) is 18.7 Å². The van der Waals surface area contributed by atoms with Crippen LogP contribution in [0.25, 0.3) is 22.2 Å². The topological polar surface area (TPSA) is 256 Å². The van der Waals surface area contributed by atoms with E-state index in [1.165, 1.54) is 24.3 Å². The third-order valence-electron chi connectivity index (χ3n) is 8.16. The standard InChI is InChI=1S/C23H29N9O10P2/c1-37-16-12-6-39-44(36)41-15-9(4-11(14(15)33)31-3-2-10-18(24)26-7-27-19(10)31)5-38-43(35)42-17(16)22(40-12)32-8-28-13-20(32)29-23(25)30-21(13)34/h2-3,7-9,11-12,14-17,22,33,43-44H,4-6H2,1H3,(H2,24,26,27)(H3,25,29,30,34)/t9-,11-,12-,14+,15-,16-,17-,22-/m1/s1. The maximum atomic E-state index is 13.3. The van der Waals surface area contributed by atoms with Crippen molar-refractivity contribution in [3.63, 3.8) is 0 Å². The van der Waals surface area contributed by atoms with E-state index in [0.717, 1.165) is 0 Å². The fourth-order valence-electron chi connectivity index (χ4n) is 6.17. The van der Waals surface area contributed by atoms with Crippen molar-refractivity contribution < 1.29 is 41.8 Å². The number of hydrogen-bond acceptors (Lipinski definition) is 16. The number of nitrogens with zero attached hydrogens (tertiary/aromatic N) is 6. The molecular weight excluding hydrogens is 624 g/mol. The number of aromatic amines is 1. The molecule has 1 aliphatic carbocycles. The van der Waals surface area contributed by atoms with Crippen molar-refractivity contribution in [3.05, 3.63) is 35.3 Å². The molecule has 0 aromatic carbocycles. The number of nitrogens with one attached hydrogen (secondary N) is 1. The van der Waals surface area contributed by atoms with Gasteiger partial charge in [0.1, 0.15) is 42.2 Å². The van der Waals surface area contributed by atoms with E-state index < -0.39 is 70.8 Å². The minimum Gasteiger partial charge on any atom is -0.388 e. The Morgan fingerprint density at radius 1 is 1.07 bits per heavy atom. The first kappa shape index (κ1) is 29.5. The Hall–Kier alpha value is -3.25. The highest BCUT2D eigenvalue weighted by Gasteiger charge is 2.50. The number of aliphatic hydroxyl groups excluding tert-OH is 1. The van der Waals surface area contributed by atoms with Gasteiger partial charge in [-0.3, -0.25) is 28.0 Å². The van der Waals surface area contributed by atoms with Gasteiger partial charge in [-0.15, -0.1) is 0 Å². The Balaban J connectivity index is 1.17. The molecule has 7 rings (SSSR count). The highest BCUT2D eigenvalue weighted by atomic mass is 31.1. The molecule has 2 saturated heterocycles. The van der Waals surface area contributed by atoms with Gasteiger partial charge in [0.25, 0.3) is 5.56 Å². The molecule has 10 atom stereocenters. The van der Waals surface area contributed by atoms with E-state index in [0.29, 0.717) is 17.5 Å². The number of nitrogens with two attached hydrogens (primary N) is 2. The first-order valence-electron chi connectivity index (χ1n) is 13.6. The minimum absolute atomic E-state index is 0.00279. The Kier molecular flexibility index (Phi) is 7.76. The molecular formula is C23H29N9O10P2. The molecule has 21 heteroatoms. The van der Waals surface area contributed by atoms with Crippen LogP contribution in [0.2, 0.25) is 0 Å². The van der Waals surface area contributed by atoms with Crippen molar-refractivity contribution in [2.24, 2.45) is 5.92 Å². The number of nitrogen functional groups attached to an aromatic ring is 2. The number of rotatable bonds is 3. The molecule has 19 nitrogen and oxygen atoms in total. The Bertz CT molecular complexity index is 1820. The average Bonchev–Trinajstić information content (AvgIpc) is 3.75. The molecule has 3 fully saturated rings. The molecule has 1 saturated carbocycles. The Labute approximate surface area is 248 Å². The van der Waals surface area contributed by atoms with Crippen molar-refractivity contribution in [1.29, 1.82) is 0 Å². The summed E-state index contributed by atoms with van der Waals surface area (Å²) in [5, 5.41) is 11.9. The second-order valence-corrected chi connectivity index (χ2v) is 12.6. The van der Waals surface area contributed by atoms with Crippen LogP contribution in [0.5, 0.6) is 0 Å². The average molecular weight is 653 g/mol. The first-order chi connectivity index (χ1) is 21.2. The molecule has 236 valence electrons. The van der Waals surface area contributed by atoms with E-state index in [9.17, 15) is 19.0 Å². The maximum Gasteiger partial charge on any atom is 0.319 e. The minimum atomic E-state index is -3.23. The normalized spacial score (nSPS) is 34.9. The van der Waals surface area contributed by atoms with Crippen LogP contribution in [0.4, 0.5) is 11.8 Å². The van der Waals surface area contributed by atoms with Gasteiger partial charge in [0.05, 0.1) is 37.1 Å². The van der Waals surface area contributed by atoms with E-state index in [1.54, 1.807) is 16.8 Å². The van der Waals surface area contributed by atoms with Gasteiger partial charge in [-0.1, -0.05) is 0 Å². The molecule has 0 spiro atoms. The van der Waals surface area contributed by atoms with Crippen LogP contribution in [0.3, 0.4) is 0 Å². The summed E-state index contributed by atoms with van der Waals surface area (Å²) in [5.41, 5.74) is 11.8. The molecule has 6 N–H and O–H groups in total. The van der Waals surface area contributed by atoms with Gasteiger partial charge in [-0.25, -0.2) is 15.0 Å². The zero-order valence-corrected chi connectivity index (χ0v) is 25.0. The number of H-pyrrole nitrogens is 1. The fourth-order valence-corrected chi connectivity index (χ4v) is 7.98. The molecule has 44 heavy (non-hydrogen) atoms. The number of ether oxygens (including phenoxy) is 2. The van der Waals surface area contributed by atoms with Crippen LogP contribution in [-0.4, -0.2) is 90.0 Å². The lowest BCUT2D eigenvalue weighted by molar-refractivity contribution is -0.0535. The van der Waals surface area contributed by atoms with Crippen molar-refractivity contribution in [3.8, 4) is 0 Å². The predicted octanol–water partition coefficient (Wildman–Crippen LogP) is 0.160. The van der Waals surface area contributed by atoms with Crippen molar-refractivity contribution in [2.45, 2.75) is 49.2 Å². The van der Waals surface area contributed by atoms with E-state index in [2.05, 4.69) is 24.9 Å². The summed E-state index contributed by atoms with van der Waals surface area (Å²) < 4.78 is 64.2. The molecule has 2 bridgehead atoms. The number of fused-ring (bicyclic) bond motifs is 5. The number of imidazole rings is 1. The molecule has 2 aliphatic heterocycles. The van der Waals surface area contributed by atoms with Crippen molar-refractivity contribution >= 4 is 50.5 Å². The predicted molar refractivity (Wildman–Crippen MR) is 152 cm³/mol. The van der Waals surface area contributed by atoms with Gasteiger partial charge in [0, 0.05) is 19.2 Å². The summed E-state index contributed by atoms with van der Waals surface area (Å²) in [6.45, 7) is -0.436. The summed E-state index contributed by atoms with van der Waals surface area (Å²) in [6, 6.07) is 1.18. The van der Waals surface area contributed by atoms with Crippen molar-refractivity contribution in [1.82, 2.24) is 34.1 Å². The molecule has 4 aromatic heterocycles. The number of methoxy groups -OCH3 is 1. The summed E-state index contributed by atoms with van der Waals surface area (Å²) in [5.74, 6) is -0.411. The molecule has 2 unspecified atom stereocenters. The lowest BCUT2D eigenvalue weighted by atomic mass is 10.1. The van der Waals surface area contributed by atoms with Crippen LogP contribution in [-0.2, 0) is 36.7 Å². The van der Waals surface area contributed by atoms with E-state index in [1.807, 2.05) is 0 Å². The monoisotopic (exact) mass is 653 g/mol. The first-order valence-corrected chi connectivity index (χ1v) is 16.0. The smallest absolute Gasteiger partial charge is 0.319 e. The van der Waals surface area contributed by atoms with Gasteiger partial charge in [-0.05, 0) is 12.5 Å². The maximum absolute atomic E-state index is 13.3. The Morgan fingerprint density at radius 3 is 2.64 bits per heavy atom. The summed E-state index contributed by atoms with van der Waals surface area (Å²) in [6.07, 6.45) is -1.37. The van der Waals surface area contributed by atoms with Gasteiger partial charge in [0.2, 0.25) is 5.95 Å². The molecule has 6 heterocycles. The zero-order chi connectivity index (χ0) is 30.7. The molecule has 0 amide bonds. The van der Waals surface area contributed by atoms with Crippen LogP contribution >= 0.6 is 16.5 Å². The summed E-state index contributed by atoms with van der Waals surface area (Å²) >= 11 is 0. The van der Waals surface area contributed by atoms with E-state index in [4.69, 9.17) is 39.0 Å². The van der Waals surface area contributed by atoms with Crippen LogP contribution in [0.15, 0.2) is 29.7 Å². The third-order valence-corrected chi connectivity index (χ3v) is 9.90. The SMILES string of the molecule is CO[C@H]1[C@H]2O[PH](=O)OC[C@H]3C[C@@H](n4ccc5c(N)ncnc54)[C@H](O)[C@@H]3O[PH](=O)OC[C@H]1O[C@H]2n1cnc2c(=O)[nH]c(N)nc21. The highest BCUT2D eigenvalue weighted by molar-refractivity contribution is 7.33. The lowest BCUT2D eigenvalue weighted by Gasteiger charge is -2.24. The molecule has 0 radical (unpaired) electrons. The molecule has 4 aromatic rings. The van der Waals surface area contributed by atoms with Gasteiger partial charge in [0.15, 0.2) is 17.4 Å². The van der Waals surface area contributed by atoms with Gasteiger partial charge in [-0.2, -0.15) is 4.98 Å². The third kappa shape index (κ3) is 5.03. The van der Waals surface area contributed by atoms with Gasteiger partial charge < -0.3 is 44.2 Å². The van der Waals surface area contributed by atoms with Gasteiger partial charge >= 0.3 is 16.5 Å². The second-order valence-electron chi connectivity index (χ2n) is 10.6. The van der Waals surface area contributed by atoms with Crippen LogP contribution in [0, 0.1) is 5.92 Å². The number of anilines is 2. The second kappa shape index (κ2) is 11.6. The lowest BCUT2D eigenvalue weighted by Crippen LogP contribution is -2.36. The Morgan fingerprint density at radius 2 is 1.84 bits per heavy atom. The highest BCUT2D eigenvalue weighted by Crippen LogP contribution is 2.47. The van der Waals surface area contributed by atoms with E-state index >= 15 is 0 Å². The van der Waals surface area contributed by atoms with E-state index in [-0.39, 0.29) is 36.1 Å². The number of aromatic nitrogens is 7. The van der Waals surface area contributed by atoms with Crippen LogP contribution < -0.4 is 17.0 Å². The quantitative estimate of drug-likeness (QED) is 0.215. The number of aliphatic hydroxyl groups is 1.